The van der Waals surface area contributed by atoms with Crippen LogP contribution in [0.2, 0.25) is 0 Å². The van der Waals surface area contributed by atoms with Crippen LogP contribution in [-0.2, 0) is 9.59 Å². The molecule has 1 aliphatic heterocycles. The van der Waals surface area contributed by atoms with Gasteiger partial charge in [0.2, 0.25) is 5.91 Å². The SMILES string of the molecule is COc1cc(C)ccc1OCCC(=O)N1CCC(=O)CC1. The van der Waals surface area contributed by atoms with E-state index in [1.165, 1.54) is 0 Å². The Morgan fingerprint density at radius 2 is 1.95 bits per heavy atom. The van der Waals surface area contributed by atoms with Gasteiger partial charge < -0.3 is 14.4 Å². The first kappa shape index (κ1) is 15.4. The van der Waals surface area contributed by atoms with E-state index >= 15 is 0 Å². The van der Waals surface area contributed by atoms with Gasteiger partial charge in [-0.05, 0) is 24.6 Å². The number of benzene rings is 1. The molecular weight excluding hydrogens is 270 g/mol. The van der Waals surface area contributed by atoms with Crippen LogP contribution in [0.3, 0.4) is 0 Å². The van der Waals surface area contributed by atoms with Gasteiger partial charge in [0.25, 0.3) is 0 Å². The minimum Gasteiger partial charge on any atom is -0.493 e. The van der Waals surface area contributed by atoms with Crippen molar-refractivity contribution in [2.45, 2.75) is 26.2 Å². The molecule has 0 bridgehead atoms. The molecule has 0 radical (unpaired) electrons. The highest BCUT2D eigenvalue weighted by atomic mass is 16.5. The maximum absolute atomic E-state index is 12.0. The van der Waals surface area contributed by atoms with Crippen molar-refractivity contribution in [3.8, 4) is 11.5 Å². The lowest BCUT2D eigenvalue weighted by Gasteiger charge is -2.26. The summed E-state index contributed by atoms with van der Waals surface area (Å²) < 4.78 is 10.9. The number of aryl methyl sites for hydroxylation is 1. The number of rotatable bonds is 5. The zero-order valence-electron chi connectivity index (χ0n) is 12.6. The molecule has 114 valence electrons. The summed E-state index contributed by atoms with van der Waals surface area (Å²) in [5.41, 5.74) is 1.09. The van der Waals surface area contributed by atoms with Crippen LogP contribution < -0.4 is 9.47 Å². The maximum Gasteiger partial charge on any atom is 0.226 e. The van der Waals surface area contributed by atoms with Gasteiger partial charge in [0.1, 0.15) is 5.78 Å². The number of Topliss-reactive ketones (excluding diaryl/α,β-unsaturated/α-hetero) is 1. The summed E-state index contributed by atoms with van der Waals surface area (Å²) in [7, 11) is 1.59. The molecule has 0 N–H and O–H groups in total. The molecule has 21 heavy (non-hydrogen) atoms. The summed E-state index contributed by atoms with van der Waals surface area (Å²) in [6.07, 6.45) is 1.25. The molecule has 5 heteroatoms. The molecule has 0 saturated carbocycles. The van der Waals surface area contributed by atoms with Crippen molar-refractivity contribution in [3.05, 3.63) is 23.8 Å². The van der Waals surface area contributed by atoms with Gasteiger partial charge in [-0.25, -0.2) is 0 Å². The predicted molar refractivity (Wildman–Crippen MR) is 78.7 cm³/mol. The Balaban J connectivity index is 1.81. The van der Waals surface area contributed by atoms with Gasteiger partial charge in [0, 0.05) is 25.9 Å². The van der Waals surface area contributed by atoms with Crippen molar-refractivity contribution in [3.63, 3.8) is 0 Å². The molecule has 2 rings (SSSR count). The van der Waals surface area contributed by atoms with Crippen LogP contribution in [0.25, 0.3) is 0 Å². The molecule has 1 aromatic carbocycles. The van der Waals surface area contributed by atoms with Gasteiger partial charge in [-0.15, -0.1) is 0 Å². The van der Waals surface area contributed by atoms with Crippen LogP contribution in [-0.4, -0.2) is 43.4 Å². The number of nitrogens with zero attached hydrogens (tertiary/aromatic N) is 1. The molecule has 0 atom stereocenters. The second-order valence-electron chi connectivity index (χ2n) is 5.17. The number of amides is 1. The van der Waals surface area contributed by atoms with E-state index in [4.69, 9.17) is 9.47 Å². The molecule has 0 spiro atoms. The Labute approximate surface area is 124 Å². The number of likely N-dealkylation sites (tertiary alicyclic amines) is 1. The fourth-order valence-corrected chi connectivity index (χ4v) is 2.31. The van der Waals surface area contributed by atoms with Gasteiger partial charge in [-0.1, -0.05) is 6.07 Å². The predicted octanol–water partition coefficient (Wildman–Crippen LogP) is 1.96. The number of carbonyl (C=O) groups is 2. The molecule has 1 aromatic rings. The van der Waals surface area contributed by atoms with Gasteiger partial charge >= 0.3 is 0 Å². The molecule has 0 aliphatic carbocycles. The number of ether oxygens (including phenoxy) is 2. The van der Waals surface area contributed by atoms with Crippen LogP contribution >= 0.6 is 0 Å². The van der Waals surface area contributed by atoms with Crippen LogP contribution in [0.4, 0.5) is 0 Å². The fraction of sp³-hybridized carbons (Fsp3) is 0.500. The molecule has 1 amide bonds. The van der Waals surface area contributed by atoms with Crippen LogP contribution in [0, 0.1) is 6.92 Å². The van der Waals surface area contributed by atoms with E-state index in [0.29, 0.717) is 50.5 Å². The second kappa shape index (κ2) is 7.11. The van der Waals surface area contributed by atoms with Crippen molar-refractivity contribution < 1.29 is 19.1 Å². The quantitative estimate of drug-likeness (QED) is 0.832. The summed E-state index contributed by atoms with van der Waals surface area (Å²) >= 11 is 0. The zero-order valence-corrected chi connectivity index (χ0v) is 12.6. The summed E-state index contributed by atoms with van der Waals surface area (Å²) in [5.74, 6) is 1.59. The van der Waals surface area contributed by atoms with E-state index in [9.17, 15) is 9.59 Å². The number of carbonyl (C=O) groups excluding carboxylic acids is 2. The average molecular weight is 291 g/mol. The van der Waals surface area contributed by atoms with Gasteiger partial charge in [0.05, 0.1) is 20.1 Å². The van der Waals surface area contributed by atoms with Gasteiger partial charge in [-0.3, -0.25) is 9.59 Å². The van der Waals surface area contributed by atoms with E-state index in [2.05, 4.69) is 0 Å². The fourth-order valence-electron chi connectivity index (χ4n) is 2.31. The second-order valence-corrected chi connectivity index (χ2v) is 5.17. The van der Waals surface area contributed by atoms with Crippen molar-refractivity contribution in [2.24, 2.45) is 0 Å². The number of hydrogen-bond acceptors (Lipinski definition) is 4. The topological polar surface area (TPSA) is 55.8 Å². The third-order valence-electron chi connectivity index (χ3n) is 3.57. The molecule has 1 aliphatic rings. The number of methoxy groups -OCH3 is 1. The lowest BCUT2D eigenvalue weighted by Crippen LogP contribution is -2.39. The smallest absolute Gasteiger partial charge is 0.226 e. The summed E-state index contributed by atoms with van der Waals surface area (Å²) in [4.78, 5) is 24.9. The van der Waals surface area contributed by atoms with Crippen LogP contribution in [0.1, 0.15) is 24.8 Å². The molecule has 5 nitrogen and oxygen atoms in total. The standard InChI is InChI=1S/C16H21NO4/c1-12-3-4-14(15(11-12)20-2)21-10-7-16(19)17-8-5-13(18)6-9-17/h3-4,11H,5-10H2,1-2H3. The highest BCUT2D eigenvalue weighted by Gasteiger charge is 2.20. The average Bonchev–Trinajstić information content (AvgIpc) is 2.49. The third-order valence-corrected chi connectivity index (χ3v) is 3.57. The lowest BCUT2D eigenvalue weighted by molar-refractivity contribution is -0.134. The Morgan fingerprint density at radius 1 is 1.24 bits per heavy atom. The molecule has 1 saturated heterocycles. The third kappa shape index (κ3) is 4.21. The zero-order chi connectivity index (χ0) is 15.2. The largest absolute Gasteiger partial charge is 0.493 e. The lowest BCUT2D eigenvalue weighted by atomic mass is 10.1. The van der Waals surface area contributed by atoms with Crippen LogP contribution in [0.15, 0.2) is 18.2 Å². The van der Waals surface area contributed by atoms with E-state index in [1.54, 1.807) is 12.0 Å². The first-order chi connectivity index (χ1) is 10.1. The van der Waals surface area contributed by atoms with Crippen LogP contribution in [0.5, 0.6) is 11.5 Å². The minimum atomic E-state index is 0.0357. The first-order valence-electron chi connectivity index (χ1n) is 7.17. The number of hydrogen-bond donors (Lipinski definition) is 0. The van der Waals surface area contributed by atoms with E-state index in [1.807, 2.05) is 25.1 Å². The van der Waals surface area contributed by atoms with E-state index in [-0.39, 0.29) is 11.7 Å². The Kier molecular flexibility index (Phi) is 5.20. The van der Waals surface area contributed by atoms with E-state index < -0.39 is 0 Å². The highest BCUT2D eigenvalue weighted by Crippen LogP contribution is 2.27. The van der Waals surface area contributed by atoms with Crippen molar-refractivity contribution >= 4 is 11.7 Å². The molecular formula is C16H21NO4. The van der Waals surface area contributed by atoms with Crippen molar-refractivity contribution in [2.75, 3.05) is 26.8 Å². The Bertz CT molecular complexity index is 517. The van der Waals surface area contributed by atoms with Gasteiger partial charge in [0.15, 0.2) is 11.5 Å². The van der Waals surface area contributed by atoms with Gasteiger partial charge in [-0.2, -0.15) is 0 Å². The molecule has 0 unspecified atom stereocenters. The number of ketones is 1. The van der Waals surface area contributed by atoms with Crippen molar-refractivity contribution in [1.82, 2.24) is 4.90 Å². The normalized spacial score (nSPS) is 15.0. The Hall–Kier alpha value is -2.04. The first-order valence-corrected chi connectivity index (χ1v) is 7.17. The van der Waals surface area contributed by atoms with Crippen molar-refractivity contribution in [1.29, 1.82) is 0 Å². The summed E-state index contributed by atoms with van der Waals surface area (Å²) in [5, 5.41) is 0. The maximum atomic E-state index is 12.0. The minimum absolute atomic E-state index is 0.0357. The van der Waals surface area contributed by atoms with E-state index in [0.717, 1.165) is 5.56 Å². The summed E-state index contributed by atoms with van der Waals surface area (Å²) in [6, 6.07) is 5.68. The highest BCUT2D eigenvalue weighted by molar-refractivity contribution is 5.83. The Morgan fingerprint density at radius 3 is 2.62 bits per heavy atom. The molecule has 1 heterocycles. The number of piperidine rings is 1. The monoisotopic (exact) mass is 291 g/mol. The summed E-state index contributed by atoms with van der Waals surface area (Å²) in [6.45, 7) is 3.35. The molecule has 0 aromatic heterocycles. The molecule has 1 fully saturated rings.